The summed E-state index contributed by atoms with van der Waals surface area (Å²) < 4.78 is 7.56. The highest BCUT2D eigenvalue weighted by molar-refractivity contribution is 15.0. The van der Waals surface area contributed by atoms with Crippen LogP contribution in [0.4, 0.5) is 0 Å². The van der Waals surface area contributed by atoms with E-state index in [-0.39, 0.29) is 24.0 Å². The lowest BCUT2D eigenvalue weighted by atomic mass is 10.2. The lowest BCUT2D eigenvalue weighted by Gasteiger charge is -1.99. The van der Waals surface area contributed by atoms with Crippen molar-refractivity contribution in [3.63, 3.8) is 0 Å². The van der Waals surface area contributed by atoms with Crippen LogP contribution < -0.4 is 32.7 Å². The van der Waals surface area contributed by atoms with Gasteiger partial charge in [0, 0.05) is 48.2 Å². The summed E-state index contributed by atoms with van der Waals surface area (Å²) in [4.78, 5) is 2.55. The molecule has 0 aliphatic carbocycles. The molecule has 0 amide bonds. The molecule has 0 aliphatic heterocycles. The molecule has 25 heavy (non-hydrogen) atoms. The van der Waals surface area contributed by atoms with E-state index >= 15 is 0 Å². The minimum atomic E-state index is 0. The molecule has 0 unspecified atom stereocenters. The molecule has 0 N–H and O–H groups in total. The summed E-state index contributed by atoms with van der Waals surface area (Å²) in [5, 5.41) is 1.28. The Labute approximate surface area is 198 Å². The van der Waals surface area contributed by atoms with E-state index in [9.17, 15) is 0 Å². The average molecular weight is 709 g/mol. The van der Waals surface area contributed by atoms with Crippen molar-refractivity contribution >= 4 is 60.5 Å². The van der Waals surface area contributed by atoms with Gasteiger partial charge in [0.15, 0.2) is 6.54 Å². The molecule has 0 bridgehead atoms. The Morgan fingerprint density at radius 1 is 1.04 bits per heavy atom. The van der Waals surface area contributed by atoms with Crippen molar-refractivity contribution in [2.45, 2.75) is 23.4 Å². The zero-order valence-corrected chi connectivity index (χ0v) is 21.9. The fourth-order valence-electron chi connectivity index (χ4n) is 2.18. The summed E-state index contributed by atoms with van der Waals surface area (Å²) in [6.45, 7) is 3.17. The fraction of sp³-hybridized carbons (Fsp3) is 0.167. The molecule has 0 atom stereocenters. The third kappa shape index (κ3) is 6.82. The van der Waals surface area contributed by atoms with Gasteiger partial charge in [-0.05, 0) is 60.6 Å². The minimum Gasteiger partial charge on any atom is -1.00 e. The average Bonchev–Trinajstić information content (AvgIpc) is 3.07. The lowest BCUT2D eigenvalue weighted by Crippen LogP contribution is -3.00. The summed E-state index contributed by atoms with van der Waals surface area (Å²) in [5.41, 5.74) is 1.23. The SMILES string of the molecule is CC[n+]1sc(-c2ccc(OC)cc2)cc1Sc1ccccc1.II.[I-]. The zero-order valence-electron chi connectivity index (χ0n) is 13.8. The summed E-state index contributed by atoms with van der Waals surface area (Å²) in [7, 11) is 1.69. The van der Waals surface area contributed by atoms with Crippen LogP contribution in [0.5, 0.6) is 5.75 Å². The van der Waals surface area contributed by atoms with E-state index in [4.69, 9.17) is 4.74 Å². The number of benzene rings is 2. The molecule has 0 saturated carbocycles. The Balaban J connectivity index is 0.00000101. The van der Waals surface area contributed by atoms with E-state index in [2.05, 4.69) is 90.6 Å². The number of halogens is 3. The first-order chi connectivity index (χ1) is 11.8. The quantitative estimate of drug-likeness (QED) is 0.297. The van der Waals surface area contributed by atoms with Crippen molar-refractivity contribution in [1.29, 1.82) is 0 Å². The molecule has 0 fully saturated rings. The molecule has 0 aliphatic rings. The van der Waals surface area contributed by atoms with Crippen LogP contribution in [0.2, 0.25) is 0 Å². The highest BCUT2D eigenvalue weighted by atomic mass is 128. The second-order valence-corrected chi connectivity index (χ2v) is 6.93. The first-order valence-corrected chi connectivity index (χ1v) is 15.2. The summed E-state index contributed by atoms with van der Waals surface area (Å²) in [5.74, 6) is 0.891. The van der Waals surface area contributed by atoms with Crippen LogP contribution in [0.25, 0.3) is 10.4 Å². The first-order valence-electron chi connectivity index (χ1n) is 7.36. The van der Waals surface area contributed by atoms with E-state index in [0.29, 0.717) is 0 Å². The van der Waals surface area contributed by atoms with Crippen molar-refractivity contribution < 1.29 is 32.7 Å². The van der Waals surface area contributed by atoms with E-state index in [1.54, 1.807) is 18.6 Å². The van der Waals surface area contributed by atoms with Gasteiger partial charge in [-0.25, -0.2) is 0 Å². The highest BCUT2D eigenvalue weighted by Crippen LogP contribution is 2.32. The largest absolute Gasteiger partial charge is 1.00 e. The number of hydrogen-bond acceptors (Lipinski definition) is 3. The molecule has 3 rings (SSSR count). The first kappa shape index (κ1) is 23.4. The molecule has 2 aromatic carbocycles. The van der Waals surface area contributed by atoms with Crippen molar-refractivity contribution in [2.75, 3.05) is 7.11 Å². The van der Waals surface area contributed by atoms with Crippen molar-refractivity contribution in [2.24, 2.45) is 0 Å². The van der Waals surface area contributed by atoms with Gasteiger partial charge < -0.3 is 28.7 Å². The zero-order chi connectivity index (χ0) is 17.4. The monoisotopic (exact) mass is 709 g/mol. The molecular weight excluding hydrogens is 691 g/mol. The number of nitrogens with zero attached hydrogens (tertiary/aromatic N) is 1. The van der Waals surface area contributed by atoms with Crippen molar-refractivity contribution in [3.8, 4) is 16.2 Å². The normalized spacial score (nSPS) is 9.60. The number of ether oxygens (including phenoxy) is 1. The Morgan fingerprint density at radius 3 is 2.24 bits per heavy atom. The van der Waals surface area contributed by atoms with Gasteiger partial charge in [-0.15, -0.1) is 3.96 Å². The number of aromatic nitrogens is 1. The topological polar surface area (TPSA) is 13.1 Å². The maximum atomic E-state index is 5.23. The van der Waals surface area contributed by atoms with Gasteiger partial charge in [-0.3, -0.25) is 0 Å². The number of methoxy groups -OCH3 is 1. The molecule has 1 heterocycles. The van der Waals surface area contributed by atoms with Crippen LogP contribution in [0.15, 0.2) is 70.6 Å². The standard InChI is InChI=1S/C18H18NOS2.I2.HI/c1-3-19-18(21-16-7-5-4-6-8-16)13-17(22-19)14-9-11-15(20-2)12-10-14;1-2;/h4-13H,3H2,1-2H3;;1H/q+1;;/p-1. The van der Waals surface area contributed by atoms with Crippen LogP contribution in [-0.4, -0.2) is 7.11 Å². The Bertz CT molecular complexity index is 749. The third-order valence-electron chi connectivity index (χ3n) is 3.34. The van der Waals surface area contributed by atoms with E-state index in [1.165, 1.54) is 20.4 Å². The molecule has 7 heteroatoms. The second kappa shape index (κ2) is 12.7. The van der Waals surface area contributed by atoms with Crippen molar-refractivity contribution in [1.82, 2.24) is 0 Å². The van der Waals surface area contributed by atoms with Gasteiger partial charge in [-0.2, -0.15) is 0 Å². The maximum absolute atomic E-state index is 5.23. The number of rotatable bonds is 5. The van der Waals surface area contributed by atoms with Crippen LogP contribution in [0, 0.1) is 0 Å². The molecular formula is C18H18I3NOS2. The van der Waals surface area contributed by atoms with E-state index in [0.717, 1.165) is 12.3 Å². The summed E-state index contributed by atoms with van der Waals surface area (Å²) in [6, 6.07) is 21.0. The van der Waals surface area contributed by atoms with Gasteiger partial charge in [0.25, 0.3) is 5.03 Å². The Morgan fingerprint density at radius 2 is 1.68 bits per heavy atom. The number of hydrogen-bond donors (Lipinski definition) is 0. The van der Waals surface area contributed by atoms with Crippen LogP contribution in [0.3, 0.4) is 0 Å². The van der Waals surface area contributed by atoms with Gasteiger partial charge in [0.2, 0.25) is 0 Å². The van der Waals surface area contributed by atoms with Gasteiger partial charge in [-0.1, -0.05) is 18.2 Å². The minimum absolute atomic E-state index is 0. The van der Waals surface area contributed by atoms with Crippen LogP contribution >= 0.6 is 60.5 Å². The van der Waals surface area contributed by atoms with Crippen LogP contribution in [0.1, 0.15) is 6.92 Å². The third-order valence-corrected chi connectivity index (χ3v) is 5.73. The Kier molecular flexibility index (Phi) is 11.9. The fourth-order valence-corrected chi connectivity index (χ4v) is 4.33. The molecule has 2 nitrogen and oxygen atoms in total. The molecule has 1 aromatic heterocycles. The summed E-state index contributed by atoms with van der Waals surface area (Å²) in [6.07, 6.45) is 0. The van der Waals surface area contributed by atoms with Gasteiger partial charge >= 0.3 is 0 Å². The molecule has 3 aromatic rings. The van der Waals surface area contributed by atoms with Crippen LogP contribution in [-0.2, 0) is 6.54 Å². The highest BCUT2D eigenvalue weighted by Gasteiger charge is 2.18. The van der Waals surface area contributed by atoms with Gasteiger partial charge in [0.05, 0.1) is 7.11 Å². The maximum Gasteiger partial charge on any atom is 0.259 e. The molecule has 0 saturated heterocycles. The second-order valence-electron chi connectivity index (χ2n) is 4.78. The predicted octanol–water partition coefficient (Wildman–Crippen LogP) is 3.66. The number of aryl methyl sites for hydroxylation is 1. The summed E-state index contributed by atoms with van der Waals surface area (Å²) >= 11 is 7.85. The van der Waals surface area contributed by atoms with Crippen molar-refractivity contribution in [3.05, 3.63) is 60.7 Å². The predicted molar refractivity (Wildman–Crippen MR) is 121 cm³/mol. The van der Waals surface area contributed by atoms with E-state index < -0.39 is 0 Å². The van der Waals surface area contributed by atoms with E-state index in [1.807, 2.05) is 30.0 Å². The Hall–Kier alpha value is 0.410. The molecule has 0 radical (unpaired) electrons. The molecule has 0 spiro atoms. The smallest absolute Gasteiger partial charge is 0.259 e. The van der Waals surface area contributed by atoms with Gasteiger partial charge in [0.1, 0.15) is 22.2 Å². The molecule has 134 valence electrons. The lowest BCUT2D eigenvalue weighted by molar-refractivity contribution is -0.662.